The Kier molecular flexibility index (Phi) is 10.4. The number of quaternary nitrogens is 1. The van der Waals surface area contributed by atoms with Crippen LogP contribution in [0.3, 0.4) is 0 Å². The molecule has 10 nitrogen and oxygen atoms in total. The zero-order valence-corrected chi connectivity index (χ0v) is 25.5. The fourth-order valence-electron chi connectivity index (χ4n) is 7.58. The second-order valence-corrected chi connectivity index (χ2v) is 12.9. The lowest BCUT2D eigenvalue weighted by molar-refractivity contribution is -0.967. The SMILES string of the molecule is C[C@@H](CO[C@@H]1CCN(C2CCN(C3C[N+]4(CCCCCCC4)C(C(F)(F)F)CN3)CC2)C1=O)Oc1cn[nH]c(=O)c1C(F)(F)F. The van der Waals surface area contributed by atoms with Gasteiger partial charge in [-0.1, -0.05) is 6.42 Å². The summed E-state index contributed by atoms with van der Waals surface area (Å²) in [6, 6.07) is -1.42. The van der Waals surface area contributed by atoms with E-state index >= 15 is 0 Å². The molecular weight excluding hydrogens is 610 g/mol. The van der Waals surface area contributed by atoms with Crippen LogP contribution in [0, 0.1) is 0 Å². The zero-order chi connectivity index (χ0) is 32.4. The van der Waals surface area contributed by atoms with Gasteiger partial charge in [-0.25, -0.2) is 5.10 Å². The highest BCUT2D eigenvalue weighted by Gasteiger charge is 2.57. The Labute approximate surface area is 258 Å². The summed E-state index contributed by atoms with van der Waals surface area (Å²) >= 11 is 0. The third-order valence-electron chi connectivity index (χ3n) is 9.87. The van der Waals surface area contributed by atoms with Crippen molar-refractivity contribution in [2.75, 3.05) is 52.4 Å². The number of carbonyl (C=O) groups excluding carboxylic acids is 1. The molecule has 4 atom stereocenters. The number of aromatic amines is 1. The number of piperazine rings is 1. The summed E-state index contributed by atoms with van der Waals surface area (Å²) in [5.74, 6) is -0.905. The Bertz CT molecular complexity index is 1210. The Morgan fingerprint density at radius 1 is 1.00 bits per heavy atom. The molecule has 16 heteroatoms. The van der Waals surface area contributed by atoms with Crippen LogP contribution in [-0.4, -0.2) is 119 Å². The molecule has 1 amide bonds. The van der Waals surface area contributed by atoms with Gasteiger partial charge in [0.2, 0.25) is 0 Å². The average Bonchev–Trinajstić information content (AvgIpc) is 3.33. The first kappa shape index (κ1) is 33.9. The van der Waals surface area contributed by atoms with Gasteiger partial charge in [0.15, 0.2) is 17.4 Å². The number of halogens is 6. The van der Waals surface area contributed by atoms with E-state index in [-0.39, 0.29) is 35.7 Å². The number of piperidine rings is 1. The number of likely N-dealkylation sites (tertiary alicyclic amines) is 2. The lowest BCUT2D eigenvalue weighted by Crippen LogP contribution is -2.75. The minimum Gasteiger partial charge on any atom is -0.486 e. The van der Waals surface area contributed by atoms with E-state index in [1.54, 1.807) is 10.00 Å². The van der Waals surface area contributed by atoms with E-state index in [0.29, 0.717) is 58.5 Å². The van der Waals surface area contributed by atoms with Crippen LogP contribution in [0.5, 0.6) is 5.75 Å². The van der Waals surface area contributed by atoms with Gasteiger partial charge in [0.25, 0.3) is 11.5 Å². The van der Waals surface area contributed by atoms with Crippen molar-refractivity contribution in [1.82, 2.24) is 25.3 Å². The van der Waals surface area contributed by atoms with Crippen LogP contribution in [0.2, 0.25) is 0 Å². The summed E-state index contributed by atoms with van der Waals surface area (Å²) in [7, 11) is 0. The van der Waals surface area contributed by atoms with E-state index in [1.165, 1.54) is 6.92 Å². The zero-order valence-electron chi connectivity index (χ0n) is 25.5. The molecule has 4 aliphatic heterocycles. The molecule has 4 aliphatic rings. The normalized spacial score (nSPS) is 28.2. The van der Waals surface area contributed by atoms with Crippen LogP contribution in [0.4, 0.5) is 26.3 Å². The van der Waals surface area contributed by atoms with Crippen molar-refractivity contribution in [3.63, 3.8) is 0 Å². The number of hydrogen-bond donors (Lipinski definition) is 2. The summed E-state index contributed by atoms with van der Waals surface area (Å²) < 4.78 is 93.5. The second kappa shape index (κ2) is 13.7. The highest BCUT2D eigenvalue weighted by atomic mass is 19.4. The highest BCUT2D eigenvalue weighted by Crippen LogP contribution is 2.36. The van der Waals surface area contributed by atoms with Crippen LogP contribution >= 0.6 is 0 Å². The van der Waals surface area contributed by atoms with Crippen LogP contribution in [-0.2, 0) is 15.7 Å². The molecule has 4 saturated heterocycles. The molecule has 0 aromatic carbocycles. The van der Waals surface area contributed by atoms with E-state index in [0.717, 1.165) is 38.3 Å². The maximum atomic E-state index is 14.2. The predicted octanol–water partition coefficient (Wildman–Crippen LogP) is 3.28. The molecule has 45 heavy (non-hydrogen) atoms. The molecule has 2 unspecified atom stereocenters. The first-order valence-electron chi connectivity index (χ1n) is 15.9. The number of carbonyl (C=O) groups is 1. The first-order valence-corrected chi connectivity index (χ1v) is 15.9. The Hall–Kier alpha value is -2.43. The predicted molar refractivity (Wildman–Crippen MR) is 150 cm³/mol. The lowest BCUT2D eigenvalue weighted by Gasteiger charge is -2.53. The fourth-order valence-corrected chi connectivity index (χ4v) is 7.58. The largest absolute Gasteiger partial charge is 0.486 e. The third kappa shape index (κ3) is 7.76. The van der Waals surface area contributed by atoms with Gasteiger partial charge in [-0.3, -0.25) is 19.8 Å². The van der Waals surface area contributed by atoms with Gasteiger partial charge >= 0.3 is 12.4 Å². The van der Waals surface area contributed by atoms with Gasteiger partial charge in [-0.15, -0.1) is 0 Å². The maximum absolute atomic E-state index is 14.2. The molecule has 0 saturated carbocycles. The summed E-state index contributed by atoms with van der Waals surface area (Å²) in [4.78, 5) is 28.9. The molecule has 2 N–H and O–H groups in total. The maximum Gasteiger partial charge on any atom is 0.442 e. The minimum atomic E-state index is -4.93. The second-order valence-electron chi connectivity index (χ2n) is 12.9. The van der Waals surface area contributed by atoms with Crippen LogP contribution in [0.15, 0.2) is 11.0 Å². The van der Waals surface area contributed by atoms with E-state index in [4.69, 9.17) is 9.47 Å². The van der Waals surface area contributed by atoms with Gasteiger partial charge in [-0.05, 0) is 45.4 Å². The smallest absolute Gasteiger partial charge is 0.442 e. The van der Waals surface area contributed by atoms with Crippen molar-refractivity contribution in [2.24, 2.45) is 0 Å². The number of rotatable bonds is 7. The van der Waals surface area contributed by atoms with Crippen LogP contribution in [0.25, 0.3) is 0 Å². The molecule has 5 heterocycles. The molecule has 4 fully saturated rings. The molecule has 0 bridgehead atoms. The number of ether oxygens (including phenoxy) is 2. The molecule has 0 aliphatic carbocycles. The van der Waals surface area contributed by atoms with E-state index in [2.05, 4.69) is 15.3 Å². The third-order valence-corrected chi connectivity index (χ3v) is 9.87. The van der Waals surface area contributed by atoms with Crippen LogP contribution < -0.4 is 15.6 Å². The van der Waals surface area contributed by atoms with Gasteiger partial charge in [0, 0.05) is 32.1 Å². The van der Waals surface area contributed by atoms with Crippen molar-refractivity contribution >= 4 is 5.91 Å². The van der Waals surface area contributed by atoms with Gasteiger partial charge in [0.1, 0.15) is 24.9 Å². The Morgan fingerprint density at radius 2 is 1.67 bits per heavy atom. The van der Waals surface area contributed by atoms with Crippen molar-refractivity contribution in [1.29, 1.82) is 0 Å². The number of alkyl halides is 6. The van der Waals surface area contributed by atoms with Gasteiger partial charge in [-0.2, -0.15) is 31.4 Å². The van der Waals surface area contributed by atoms with Crippen molar-refractivity contribution < 1.29 is 45.1 Å². The Balaban J connectivity index is 1.12. The average molecular weight is 654 g/mol. The van der Waals surface area contributed by atoms with E-state index in [9.17, 15) is 35.9 Å². The summed E-state index contributed by atoms with van der Waals surface area (Å²) in [6.07, 6.45) is -3.76. The summed E-state index contributed by atoms with van der Waals surface area (Å²) in [5.41, 5.74) is -2.90. The summed E-state index contributed by atoms with van der Waals surface area (Å²) in [5, 5.41) is 8.34. The molecule has 0 radical (unpaired) electrons. The van der Waals surface area contributed by atoms with Crippen molar-refractivity contribution in [3.8, 4) is 5.75 Å². The van der Waals surface area contributed by atoms with E-state index < -0.39 is 47.5 Å². The number of amides is 1. The molecule has 5 rings (SSSR count). The first-order chi connectivity index (χ1) is 21.3. The number of aromatic nitrogens is 2. The quantitative estimate of drug-likeness (QED) is 0.345. The number of hydrogen-bond acceptors (Lipinski definition) is 7. The molecule has 254 valence electrons. The van der Waals surface area contributed by atoms with Crippen molar-refractivity contribution in [3.05, 3.63) is 22.1 Å². The summed E-state index contributed by atoms with van der Waals surface area (Å²) in [6.45, 7) is 4.54. The lowest BCUT2D eigenvalue weighted by atomic mass is 9.97. The number of nitrogens with zero attached hydrogens (tertiary/aromatic N) is 4. The van der Waals surface area contributed by atoms with Gasteiger partial charge in [0.05, 0.1) is 32.4 Å². The Morgan fingerprint density at radius 3 is 2.31 bits per heavy atom. The number of H-pyrrole nitrogens is 1. The molecule has 1 spiro atoms. The fraction of sp³-hybridized carbons (Fsp3) is 0.828. The minimum absolute atomic E-state index is 0.0242. The number of nitrogens with one attached hydrogen (secondary N) is 2. The van der Waals surface area contributed by atoms with Crippen molar-refractivity contribution in [2.45, 2.75) is 101 Å². The molecular formula is C29H43F6N6O4+. The van der Waals surface area contributed by atoms with Crippen LogP contribution in [0.1, 0.15) is 63.9 Å². The monoisotopic (exact) mass is 653 g/mol. The molecule has 1 aromatic heterocycles. The highest BCUT2D eigenvalue weighted by molar-refractivity contribution is 5.83. The standard InChI is InChI=1S/C29H42F6N6O4/c1-19(45-22-15-37-38-26(42)25(22)29(33,34)35)18-44-21-9-12-40(27(21)43)20-7-10-39(11-8-20)24-17-41(13-5-3-2-4-6-14-41)23(16-36-24)28(30,31)32/h15,19-21,23-24,36H,2-14,16-18H2,1H3/p+1/t19-,21+,23?,24?/m0/s1. The van der Waals surface area contributed by atoms with E-state index in [1.807, 2.05) is 0 Å². The molecule has 1 aromatic rings. The van der Waals surface area contributed by atoms with Gasteiger partial charge < -0.3 is 18.9 Å². The topological polar surface area (TPSA) is 99.8 Å².